The Kier molecular flexibility index (Phi) is 2.43. The first-order chi connectivity index (χ1) is 5.47. The van der Waals surface area contributed by atoms with E-state index in [0.717, 1.165) is 5.56 Å². The van der Waals surface area contributed by atoms with E-state index in [4.69, 9.17) is 5.73 Å². The van der Waals surface area contributed by atoms with Crippen molar-refractivity contribution in [3.63, 3.8) is 0 Å². The minimum atomic E-state index is -1.82. The number of hydrogen-bond donors (Lipinski definition) is 1. The molecule has 0 fully saturated rings. The SMILES string of the molecule is CS(C)(=O)=Cc1cccc(N)c1. The third-order valence-electron chi connectivity index (χ3n) is 1.33. The molecule has 0 saturated heterocycles. The number of rotatable bonds is 1. The van der Waals surface area contributed by atoms with Crippen molar-refractivity contribution < 1.29 is 4.21 Å². The first-order valence-electron chi connectivity index (χ1n) is 3.62. The maximum Gasteiger partial charge on any atom is 0.0320 e. The Morgan fingerprint density at radius 1 is 1.42 bits per heavy atom. The van der Waals surface area contributed by atoms with Crippen molar-refractivity contribution in [1.29, 1.82) is 0 Å². The lowest BCUT2D eigenvalue weighted by atomic mass is 10.2. The average molecular weight is 183 g/mol. The van der Waals surface area contributed by atoms with Gasteiger partial charge in [0, 0.05) is 18.2 Å². The molecule has 1 aromatic carbocycles. The molecular weight excluding hydrogens is 170 g/mol. The summed E-state index contributed by atoms with van der Waals surface area (Å²) in [7, 11) is -1.82. The fourth-order valence-corrected chi connectivity index (χ4v) is 1.76. The van der Waals surface area contributed by atoms with Crippen LogP contribution in [0.4, 0.5) is 5.69 Å². The molecule has 1 aromatic rings. The van der Waals surface area contributed by atoms with E-state index in [1.807, 2.05) is 24.3 Å². The molecule has 0 atom stereocenters. The molecule has 0 heterocycles. The van der Waals surface area contributed by atoms with Crippen LogP contribution in [-0.2, 0) is 9.52 Å². The van der Waals surface area contributed by atoms with Gasteiger partial charge in [-0.3, -0.25) is 4.21 Å². The highest BCUT2D eigenvalue weighted by Crippen LogP contribution is 2.04. The topological polar surface area (TPSA) is 43.1 Å². The molecule has 0 bridgehead atoms. The van der Waals surface area contributed by atoms with Crippen molar-refractivity contribution in [2.45, 2.75) is 0 Å². The van der Waals surface area contributed by atoms with Crippen LogP contribution in [0.1, 0.15) is 5.56 Å². The van der Waals surface area contributed by atoms with Gasteiger partial charge < -0.3 is 5.73 Å². The van der Waals surface area contributed by atoms with E-state index < -0.39 is 9.52 Å². The molecule has 66 valence electrons. The van der Waals surface area contributed by atoms with Gasteiger partial charge in [-0.2, -0.15) is 0 Å². The third-order valence-corrected chi connectivity index (χ3v) is 2.17. The summed E-state index contributed by atoms with van der Waals surface area (Å²) in [5.41, 5.74) is 7.19. The summed E-state index contributed by atoms with van der Waals surface area (Å²) in [6, 6.07) is 7.37. The quantitative estimate of drug-likeness (QED) is 0.520. The summed E-state index contributed by atoms with van der Waals surface area (Å²) >= 11 is 0. The smallest absolute Gasteiger partial charge is 0.0320 e. The number of anilines is 1. The Bertz CT molecular complexity index is 381. The summed E-state index contributed by atoms with van der Waals surface area (Å²) < 4.78 is 11.4. The second-order valence-electron chi connectivity index (χ2n) is 3.10. The van der Waals surface area contributed by atoms with Gasteiger partial charge in [0.05, 0.1) is 0 Å². The van der Waals surface area contributed by atoms with Gasteiger partial charge in [-0.15, -0.1) is 0 Å². The Morgan fingerprint density at radius 2 is 2.08 bits per heavy atom. The van der Waals surface area contributed by atoms with Crippen molar-refractivity contribution in [2.75, 3.05) is 18.2 Å². The van der Waals surface area contributed by atoms with Gasteiger partial charge in [0.15, 0.2) is 0 Å². The highest BCUT2D eigenvalue weighted by Gasteiger charge is 1.92. The second kappa shape index (κ2) is 3.19. The molecule has 0 radical (unpaired) electrons. The fraction of sp³-hybridized carbons (Fsp3) is 0.222. The number of hydrogen-bond acceptors (Lipinski definition) is 2. The third kappa shape index (κ3) is 2.96. The van der Waals surface area contributed by atoms with Gasteiger partial charge in [0.2, 0.25) is 0 Å². The molecule has 0 aliphatic heterocycles. The van der Waals surface area contributed by atoms with Crippen LogP contribution in [0, 0.1) is 0 Å². The van der Waals surface area contributed by atoms with Crippen LogP contribution in [0.5, 0.6) is 0 Å². The molecule has 1 rings (SSSR count). The standard InChI is InChI=1S/C9H13NOS/c1-12(2,11)7-8-4-3-5-9(10)6-8/h3-7H,10H2,1-2H3. The maximum absolute atomic E-state index is 11.4. The van der Waals surface area contributed by atoms with E-state index in [0.29, 0.717) is 5.69 Å². The van der Waals surface area contributed by atoms with E-state index in [9.17, 15) is 4.21 Å². The zero-order valence-electron chi connectivity index (χ0n) is 7.28. The van der Waals surface area contributed by atoms with Gasteiger partial charge in [0.25, 0.3) is 0 Å². The summed E-state index contributed by atoms with van der Waals surface area (Å²) in [5.74, 6) is 0. The monoisotopic (exact) mass is 183 g/mol. The molecule has 12 heavy (non-hydrogen) atoms. The number of benzene rings is 1. The molecule has 0 amide bonds. The predicted octanol–water partition coefficient (Wildman–Crippen LogP) is 0.963. The minimum Gasteiger partial charge on any atom is -0.399 e. The summed E-state index contributed by atoms with van der Waals surface area (Å²) in [5, 5.41) is 1.74. The minimum absolute atomic E-state index is 0.701. The molecule has 0 saturated carbocycles. The van der Waals surface area contributed by atoms with Crippen molar-refractivity contribution in [2.24, 2.45) is 0 Å². The predicted molar refractivity (Wildman–Crippen MR) is 56.0 cm³/mol. The second-order valence-corrected chi connectivity index (χ2v) is 5.95. The van der Waals surface area contributed by atoms with Crippen LogP contribution in [0.2, 0.25) is 0 Å². The molecule has 0 aliphatic rings. The number of nitrogens with two attached hydrogens (primary N) is 1. The lowest BCUT2D eigenvalue weighted by molar-refractivity contribution is 0.688. The summed E-state index contributed by atoms with van der Waals surface area (Å²) in [6.07, 6.45) is 3.41. The Morgan fingerprint density at radius 3 is 2.58 bits per heavy atom. The molecule has 2 nitrogen and oxygen atoms in total. The Labute approximate surface area is 73.4 Å². The Balaban J connectivity index is 3.15. The molecule has 0 unspecified atom stereocenters. The van der Waals surface area contributed by atoms with Crippen LogP contribution in [0.15, 0.2) is 24.3 Å². The molecule has 0 aliphatic carbocycles. The molecule has 2 N–H and O–H groups in total. The maximum atomic E-state index is 11.4. The van der Waals surface area contributed by atoms with Crippen LogP contribution in [0.3, 0.4) is 0 Å². The van der Waals surface area contributed by atoms with Crippen LogP contribution in [-0.4, -0.2) is 22.1 Å². The van der Waals surface area contributed by atoms with Crippen LogP contribution >= 0.6 is 0 Å². The molecule has 0 aromatic heterocycles. The summed E-state index contributed by atoms with van der Waals surface area (Å²) in [4.78, 5) is 0. The fourth-order valence-electron chi connectivity index (χ4n) is 0.960. The van der Waals surface area contributed by atoms with Gasteiger partial charge in [-0.25, -0.2) is 0 Å². The largest absolute Gasteiger partial charge is 0.399 e. The lowest BCUT2D eigenvalue weighted by Crippen LogP contribution is -1.98. The Hall–Kier alpha value is -0.960. The molecular formula is C9H13NOS. The van der Waals surface area contributed by atoms with Gasteiger partial charge in [0.1, 0.15) is 0 Å². The highest BCUT2D eigenvalue weighted by atomic mass is 32.2. The van der Waals surface area contributed by atoms with E-state index in [1.54, 1.807) is 17.9 Å². The van der Waals surface area contributed by atoms with Crippen molar-refractivity contribution in [1.82, 2.24) is 0 Å². The van der Waals surface area contributed by atoms with E-state index >= 15 is 0 Å². The van der Waals surface area contributed by atoms with Gasteiger partial charge >= 0.3 is 0 Å². The molecule has 3 heteroatoms. The van der Waals surface area contributed by atoms with Gasteiger partial charge in [-0.1, -0.05) is 12.1 Å². The first-order valence-corrected chi connectivity index (χ1v) is 6.06. The normalized spacial score (nSPS) is 11.2. The zero-order valence-corrected chi connectivity index (χ0v) is 8.10. The lowest BCUT2D eigenvalue weighted by Gasteiger charge is -1.97. The highest BCUT2D eigenvalue weighted by molar-refractivity contribution is 8.00. The average Bonchev–Trinajstić information content (AvgIpc) is 1.82. The van der Waals surface area contributed by atoms with E-state index in [2.05, 4.69) is 0 Å². The van der Waals surface area contributed by atoms with Crippen LogP contribution in [0.25, 0.3) is 0 Å². The van der Waals surface area contributed by atoms with E-state index in [-0.39, 0.29) is 0 Å². The summed E-state index contributed by atoms with van der Waals surface area (Å²) in [6.45, 7) is 0. The number of nitrogen functional groups attached to an aromatic ring is 1. The van der Waals surface area contributed by atoms with Crippen molar-refractivity contribution in [3.05, 3.63) is 29.8 Å². The van der Waals surface area contributed by atoms with E-state index in [1.165, 1.54) is 0 Å². The van der Waals surface area contributed by atoms with Gasteiger partial charge in [-0.05, 0) is 32.6 Å². The zero-order chi connectivity index (χ0) is 9.19. The molecule has 0 spiro atoms. The van der Waals surface area contributed by atoms with Crippen LogP contribution < -0.4 is 5.73 Å². The van der Waals surface area contributed by atoms with Crippen molar-refractivity contribution >= 4 is 20.6 Å². The van der Waals surface area contributed by atoms with Crippen molar-refractivity contribution in [3.8, 4) is 0 Å². The first kappa shape index (κ1) is 9.13.